The molecule has 0 bridgehead atoms. The highest BCUT2D eigenvalue weighted by Gasteiger charge is 2.30. The van der Waals surface area contributed by atoms with Gasteiger partial charge in [0.05, 0.1) is 5.54 Å². The van der Waals surface area contributed by atoms with Crippen LogP contribution in [-0.4, -0.2) is 6.04 Å². The third kappa shape index (κ3) is 3.03. The summed E-state index contributed by atoms with van der Waals surface area (Å²) in [6.45, 7) is 4.08. The molecule has 2 atom stereocenters. The first-order valence-electron chi connectivity index (χ1n) is 6.69. The van der Waals surface area contributed by atoms with Gasteiger partial charge in [0.1, 0.15) is 0 Å². The Morgan fingerprint density at radius 3 is 2.00 bits per heavy atom. The molecule has 0 radical (unpaired) electrons. The second-order valence-electron chi connectivity index (χ2n) is 5.38. The van der Waals surface area contributed by atoms with Gasteiger partial charge < -0.3 is 11.5 Å². The lowest BCUT2D eigenvalue weighted by Crippen LogP contribution is -2.42. The van der Waals surface area contributed by atoms with E-state index in [2.05, 4.69) is 43.3 Å². The minimum Gasteiger partial charge on any atom is -0.328 e. The fraction of sp³-hybridized carbons (Fsp3) is 0.294. The third-order valence-corrected chi connectivity index (χ3v) is 3.50. The molecular weight excluding hydrogens is 232 g/mol. The minimum absolute atomic E-state index is 0.0477. The maximum atomic E-state index is 6.71. The SMILES string of the molecule is Cc1ccc(C(N)(CC(C)N)c2ccccc2)cc1. The molecule has 100 valence electrons. The van der Waals surface area contributed by atoms with E-state index in [9.17, 15) is 0 Å². The number of aryl methyl sites for hydroxylation is 1. The minimum atomic E-state index is -0.525. The molecule has 0 aliphatic rings. The van der Waals surface area contributed by atoms with E-state index in [-0.39, 0.29) is 6.04 Å². The summed E-state index contributed by atoms with van der Waals surface area (Å²) in [5.74, 6) is 0. The first-order valence-corrected chi connectivity index (χ1v) is 6.69. The van der Waals surface area contributed by atoms with Crippen LogP contribution in [0.2, 0.25) is 0 Å². The number of rotatable bonds is 4. The Kier molecular flexibility index (Phi) is 4.03. The van der Waals surface area contributed by atoms with Crippen LogP contribution in [0.4, 0.5) is 0 Å². The van der Waals surface area contributed by atoms with Gasteiger partial charge in [-0.05, 0) is 31.4 Å². The van der Waals surface area contributed by atoms with E-state index in [0.717, 1.165) is 17.5 Å². The lowest BCUT2D eigenvalue weighted by molar-refractivity contribution is 0.448. The van der Waals surface area contributed by atoms with Crippen LogP contribution in [0.15, 0.2) is 54.6 Å². The van der Waals surface area contributed by atoms with Gasteiger partial charge in [-0.15, -0.1) is 0 Å². The van der Waals surface area contributed by atoms with Gasteiger partial charge in [0, 0.05) is 6.04 Å². The molecule has 4 N–H and O–H groups in total. The zero-order valence-electron chi connectivity index (χ0n) is 11.6. The lowest BCUT2D eigenvalue weighted by Gasteiger charge is -2.32. The van der Waals surface area contributed by atoms with Crippen molar-refractivity contribution in [3.63, 3.8) is 0 Å². The Hall–Kier alpha value is -1.64. The molecule has 0 amide bonds. The van der Waals surface area contributed by atoms with Gasteiger partial charge in [-0.3, -0.25) is 0 Å². The number of hydrogen-bond acceptors (Lipinski definition) is 2. The number of hydrogen-bond donors (Lipinski definition) is 2. The van der Waals surface area contributed by atoms with Gasteiger partial charge in [-0.25, -0.2) is 0 Å². The van der Waals surface area contributed by atoms with Crippen LogP contribution in [0.3, 0.4) is 0 Å². The Morgan fingerprint density at radius 2 is 1.47 bits per heavy atom. The summed E-state index contributed by atoms with van der Waals surface area (Å²) in [5, 5.41) is 0. The monoisotopic (exact) mass is 254 g/mol. The zero-order chi connectivity index (χ0) is 13.9. The standard InChI is InChI=1S/C17H22N2/c1-13-8-10-16(11-9-13)17(19,12-14(2)18)15-6-4-3-5-7-15/h3-11,14H,12,18-19H2,1-2H3. The normalized spacial score (nSPS) is 15.8. The number of nitrogens with two attached hydrogens (primary N) is 2. The van der Waals surface area contributed by atoms with Crippen molar-refractivity contribution in [2.24, 2.45) is 11.5 Å². The van der Waals surface area contributed by atoms with E-state index in [1.807, 2.05) is 25.1 Å². The average molecular weight is 254 g/mol. The van der Waals surface area contributed by atoms with Crippen molar-refractivity contribution in [3.05, 3.63) is 71.3 Å². The first-order chi connectivity index (χ1) is 9.02. The second kappa shape index (κ2) is 5.55. The van der Waals surface area contributed by atoms with Crippen LogP contribution in [0, 0.1) is 6.92 Å². The second-order valence-corrected chi connectivity index (χ2v) is 5.38. The van der Waals surface area contributed by atoms with Crippen LogP contribution in [-0.2, 0) is 5.54 Å². The molecule has 19 heavy (non-hydrogen) atoms. The van der Waals surface area contributed by atoms with Gasteiger partial charge >= 0.3 is 0 Å². The van der Waals surface area contributed by atoms with E-state index >= 15 is 0 Å². The van der Waals surface area contributed by atoms with Gasteiger partial charge in [-0.2, -0.15) is 0 Å². The Labute approximate surface area is 115 Å². The van der Waals surface area contributed by atoms with Crippen molar-refractivity contribution in [1.82, 2.24) is 0 Å². The summed E-state index contributed by atoms with van der Waals surface area (Å²) in [6, 6.07) is 18.6. The van der Waals surface area contributed by atoms with Crippen LogP contribution < -0.4 is 11.5 Å². The molecule has 0 aromatic heterocycles. The Bertz CT molecular complexity index is 517. The highest BCUT2D eigenvalue weighted by Crippen LogP contribution is 2.31. The van der Waals surface area contributed by atoms with Crippen LogP contribution >= 0.6 is 0 Å². The van der Waals surface area contributed by atoms with Crippen molar-refractivity contribution >= 4 is 0 Å². The maximum absolute atomic E-state index is 6.71. The predicted octanol–water partition coefficient (Wildman–Crippen LogP) is 2.93. The van der Waals surface area contributed by atoms with Crippen LogP contribution in [0.25, 0.3) is 0 Å². The molecule has 2 aromatic carbocycles. The van der Waals surface area contributed by atoms with Crippen LogP contribution in [0.1, 0.15) is 30.0 Å². The summed E-state index contributed by atoms with van der Waals surface area (Å²) < 4.78 is 0. The van der Waals surface area contributed by atoms with Crippen molar-refractivity contribution in [3.8, 4) is 0 Å². The predicted molar refractivity (Wildman–Crippen MR) is 80.9 cm³/mol. The average Bonchev–Trinajstić information content (AvgIpc) is 2.39. The van der Waals surface area contributed by atoms with E-state index in [0.29, 0.717) is 0 Å². The number of benzene rings is 2. The molecule has 0 aliphatic heterocycles. The zero-order valence-corrected chi connectivity index (χ0v) is 11.6. The Balaban J connectivity index is 2.48. The fourth-order valence-electron chi connectivity index (χ4n) is 2.50. The lowest BCUT2D eigenvalue weighted by atomic mass is 9.79. The van der Waals surface area contributed by atoms with Crippen molar-refractivity contribution in [2.45, 2.75) is 31.8 Å². The Morgan fingerprint density at radius 1 is 0.947 bits per heavy atom. The van der Waals surface area contributed by atoms with Crippen molar-refractivity contribution in [1.29, 1.82) is 0 Å². The molecule has 2 rings (SSSR count). The smallest absolute Gasteiger partial charge is 0.0680 e. The summed E-state index contributed by atoms with van der Waals surface area (Å²) in [5.41, 5.74) is 15.6. The fourth-order valence-corrected chi connectivity index (χ4v) is 2.50. The van der Waals surface area contributed by atoms with E-state index in [4.69, 9.17) is 11.5 Å². The molecule has 0 fully saturated rings. The molecule has 2 heteroatoms. The highest BCUT2D eigenvalue weighted by molar-refractivity contribution is 5.39. The molecule has 2 nitrogen and oxygen atoms in total. The van der Waals surface area contributed by atoms with Gasteiger partial charge in [0.2, 0.25) is 0 Å². The van der Waals surface area contributed by atoms with Gasteiger partial charge in [0.25, 0.3) is 0 Å². The first kappa shape index (κ1) is 13.8. The van der Waals surface area contributed by atoms with E-state index < -0.39 is 5.54 Å². The van der Waals surface area contributed by atoms with Gasteiger partial charge in [-0.1, -0.05) is 60.2 Å². The summed E-state index contributed by atoms with van der Waals surface area (Å²) in [4.78, 5) is 0. The summed E-state index contributed by atoms with van der Waals surface area (Å²) >= 11 is 0. The molecular formula is C17H22N2. The summed E-state index contributed by atoms with van der Waals surface area (Å²) in [6.07, 6.45) is 0.722. The van der Waals surface area contributed by atoms with Gasteiger partial charge in [0.15, 0.2) is 0 Å². The van der Waals surface area contributed by atoms with Crippen molar-refractivity contribution < 1.29 is 0 Å². The molecule has 0 saturated carbocycles. The molecule has 0 spiro atoms. The molecule has 2 unspecified atom stereocenters. The quantitative estimate of drug-likeness (QED) is 0.881. The van der Waals surface area contributed by atoms with Crippen LogP contribution in [0.5, 0.6) is 0 Å². The topological polar surface area (TPSA) is 52.0 Å². The molecule has 0 heterocycles. The molecule has 0 saturated heterocycles. The largest absolute Gasteiger partial charge is 0.328 e. The van der Waals surface area contributed by atoms with E-state index in [1.165, 1.54) is 5.56 Å². The molecule has 2 aromatic rings. The molecule has 0 aliphatic carbocycles. The highest BCUT2D eigenvalue weighted by atomic mass is 14.8. The summed E-state index contributed by atoms with van der Waals surface area (Å²) in [7, 11) is 0. The third-order valence-electron chi connectivity index (χ3n) is 3.50. The van der Waals surface area contributed by atoms with E-state index in [1.54, 1.807) is 0 Å². The maximum Gasteiger partial charge on any atom is 0.0680 e. The van der Waals surface area contributed by atoms with Crippen molar-refractivity contribution in [2.75, 3.05) is 0 Å².